The van der Waals surface area contributed by atoms with Crippen LogP contribution in [0, 0.1) is 5.41 Å². The minimum absolute atomic E-state index is 0.0384. The van der Waals surface area contributed by atoms with Crippen molar-refractivity contribution in [1.29, 1.82) is 0 Å². The van der Waals surface area contributed by atoms with Crippen molar-refractivity contribution >= 4 is 22.6 Å². The molecule has 1 heterocycles. The zero-order chi connectivity index (χ0) is 16.4. The van der Waals surface area contributed by atoms with E-state index in [1.165, 1.54) is 0 Å². The molecule has 3 rings (SSSR count). The Morgan fingerprint density at radius 2 is 1.83 bits per heavy atom. The standard InChI is InChI=1S/C19H21N3O/c1-4-19(2,3)18(23)20-14-11-9-13(10-12-14)17-21-15-7-5-6-8-16(15)22-17/h5-12H,4H2,1-3H3,(H,20,23)(H,21,22). The van der Waals surface area contributed by atoms with E-state index in [0.29, 0.717) is 0 Å². The van der Waals surface area contributed by atoms with Crippen molar-refractivity contribution in [3.05, 3.63) is 48.5 Å². The number of hydrogen-bond acceptors (Lipinski definition) is 2. The Balaban J connectivity index is 1.80. The molecule has 118 valence electrons. The number of fused-ring (bicyclic) bond motifs is 1. The van der Waals surface area contributed by atoms with Crippen LogP contribution in [0.4, 0.5) is 5.69 Å². The number of imidazole rings is 1. The van der Waals surface area contributed by atoms with Gasteiger partial charge in [-0.2, -0.15) is 0 Å². The number of rotatable bonds is 4. The molecule has 0 saturated carbocycles. The summed E-state index contributed by atoms with van der Waals surface area (Å²) in [5.41, 5.74) is 3.40. The fourth-order valence-electron chi connectivity index (χ4n) is 2.26. The molecule has 0 saturated heterocycles. The van der Waals surface area contributed by atoms with E-state index < -0.39 is 0 Å². The highest BCUT2D eigenvalue weighted by Crippen LogP contribution is 2.25. The molecular formula is C19H21N3O. The lowest BCUT2D eigenvalue weighted by Gasteiger charge is -2.21. The van der Waals surface area contributed by atoms with Gasteiger partial charge in [0.2, 0.25) is 5.91 Å². The van der Waals surface area contributed by atoms with E-state index in [0.717, 1.165) is 34.5 Å². The average molecular weight is 307 g/mol. The van der Waals surface area contributed by atoms with E-state index in [1.807, 2.05) is 69.3 Å². The first-order chi connectivity index (χ1) is 11.0. The van der Waals surface area contributed by atoms with Crippen molar-refractivity contribution in [1.82, 2.24) is 9.97 Å². The fraction of sp³-hybridized carbons (Fsp3) is 0.263. The van der Waals surface area contributed by atoms with Gasteiger partial charge in [-0.15, -0.1) is 0 Å². The fourth-order valence-corrected chi connectivity index (χ4v) is 2.26. The SMILES string of the molecule is CCC(C)(C)C(=O)Nc1ccc(-c2nc3ccccc3[nH]2)cc1. The minimum atomic E-state index is -0.364. The highest BCUT2D eigenvalue weighted by molar-refractivity contribution is 5.95. The normalized spacial score (nSPS) is 11.6. The van der Waals surface area contributed by atoms with Gasteiger partial charge in [-0.1, -0.05) is 32.9 Å². The van der Waals surface area contributed by atoms with Gasteiger partial charge in [0.15, 0.2) is 0 Å². The minimum Gasteiger partial charge on any atom is -0.338 e. The van der Waals surface area contributed by atoms with Crippen LogP contribution in [0.2, 0.25) is 0 Å². The smallest absolute Gasteiger partial charge is 0.230 e. The molecule has 2 N–H and O–H groups in total. The highest BCUT2D eigenvalue weighted by Gasteiger charge is 2.25. The van der Waals surface area contributed by atoms with Crippen molar-refractivity contribution in [3.8, 4) is 11.4 Å². The van der Waals surface area contributed by atoms with Crippen molar-refractivity contribution in [3.63, 3.8) is 0 Å². The second-order valence-electron chi connectivity index (χ2n) is 6.37. The van der Waals surface area contributed by atoms with Gasteiger partial charge in [0.05, 0.1) is 11.0 Å². The Kier molecular flexibility index (Phi) is 3.90. The lowest BCUT2D eigenvalue weighted by atomic mass is 9.89. The van der Waals surface area contributed by atoms with Gasteiger partial charge in [-0.3, -0.25) is 4.79 Å². The summed E-state index contributed by atoms with van der Waals surface area (Å²) in [6.07, 6.45) is 0.801. The molecule has 0 bridgehead atoms. The van der Waals surface area contributed by atoms with Gasteiger partial charge in [0.1, 0.15) is 5.82 Å². The van der Waals surface area contributed by atoms with E-state index in [9.17, 15) is 4.79 Å². The number of carbonyl (C=O) groups is 1. The Bertz CT molecular complexity index is 798. The topological polar surface area (TPSA) is 57.8 Å². The predicted octanol–water partition coefficient (Wildman–Crippen LogP) is 4.60. The largest absolute Gasteiger partial charge is 0.338 e. The number of aromatic amines is 1. The van der Waals surface area contributed by atoms with E-state index in [1.54, 1.807) is 0 Å². The summed E-state index contributed by atoms with van der Waals surface area (Å²) in [5, 5.41) is 2.97. The number of amides is 1. The number of aromatic nitrogens is 2. The zero-order valence-electron chi connectivity index (χ0n) is 13.7. The van der Waals surface area contributed by atoms with Gasteiger partial charge in [-0.25, -0.2) is 4.98 Å². The molecule has 0 fully saturated rings. The van der Waals surface area contributed by atoms with E-state index >= 15 is 0 Å². The van der Waals surface area contributed by atoms with Gasteiger partial charge < -0.3 is 10.3 Å². The molecule has 0 unspecified atom stereocenters. The summed E-state index contributed by atoms with van der Waals surface area (Å²) in [6, 6.07) is 15.7. The lowest BCUT2D eigenvalue weighted by molar-refractivity contribution is -0.124. The van der Waals surface area contributed by atoms with E-state index in [-0.39, 0.29) is 11.3 Å². The first-order valence-corrected chi connectivity index (χ1v) is 7.86. The highest BCUT2D eigenvalue weighted by atomic mass is 16.2. The average Bonchev–Trinajstić information content (AvgIpc) is 2.99. The molecule has 0 aliphatic carbocycles. The van der Waals surface area contributed by atoms with Crippen molar-refractivity contribution in [2.45, 2.75) is 27.2 Å². The molecule has 4 heteroatoms. The van der Waals surface area contributed by atoms with Crippen LogP contribution in [0.1, 0.15) is 27.2 Å². The summed E-state index contributed by atoms with van der Waals surface area (Å²) in [4.78, 5) is 20.1. The molecule has 1 amide bonds. The maximum atomic E-state index is 12.2. The second-order valence-corrected chi connectivity index (χ2v) is 6.37. The molecule has 23 heavy (non-hydrogen) atoms. The molecule has 3 aromatic rings. The van der Waals surface area contributed by atoms with Crippen LogP contribution in [0.25, 0.3) is 22.4 Å². The molecule has 2 aromatic carbocycles. The van der Waals surface area contributed by atoms with Crippen LogP contribution in [0.5, 0.6) is 0 Å². The quantitative estimate of drug-likeness (QED) is 0.739. The summed E-state index contributed by atoms with van der Waals surface area (Å²) in [6.45, 7) is 5.92. The monoisotopic (exact) mass is 307 g/mol. The van der Waals surface area contributed by atoms with E-state index in [4.69, 9.17) is 0 Å². The molecular weight excluding hydrogens is 286 g/mol. The Morgan fingerprint density at radius 1 is 1.13 bits per heavy atom. The van der Waals surface area contributed by atoms with Crippen LogP contribution in [0.15, 0.2) is 48.5 Å². The maximum Gasteiger partial charge on any atom is 0.230 e. The van der Waals surface area contributed by atoms with Gasteiger partial charge in [-0.05, 0) is 42.8 Å². The number of para-hydroxylation sites is 2. The maximum absolute atomic E-state index is 12.2. The Morgan fingerprint density at radius 3 is 2.48 bits per heavy atom. The number of nitrogens with one attached hydrogen (secondary N) is 2. The molecule has 0 spiro atoms. The van der Waals surface area contributed by atoms with Crippen LogP contribution < -0.4 is 5.32 Å². The molecule has 4 nitrogen and oxygen atoms in total. The van der Waals surface area contributed by atoms with Crippen LogP contribution >= 0.6 is 0 Å². The Labute approximate surface area is 136 Å². The predicted molar refractivity (Wildman–Crippen MR) is 94.2 cm³/mol. The summed E-state index contributed by atoms with van der Waals surface area (Å²) in [5.74, 6) is 0.870. The van der Waals surface area contributed by atoms with E-state index in [2.05, 4.69) is 15.3 Å². The molecule has 0 aliphatic heterocycles. The number of nitrogens with zero attached hydrogens (tertiary/aromatic N) is 1. The van der Waals surface area contributed by atoms with Crippen LogP contribution in [-0.2, 0) is 4.79 Å². The summed E-state index contributed by atoms with van der Waals surface area (Å²) in [7, 11) is 0. The number of carbonyl (C=O) groups excluding carboxylic acids is 1. The first-order valence-electron chi connectivity index (χ1n) is 7.86. The van der Waals surface area contributed by atoms with Crippen LogP contribution in [-0.4, -0.2) is 15.9 Å². The Hall–Kier alpha value is -2.62. The van der Waals surface area contributed by atoms with Crippen molar-refractivity contribution < 1.29 is 4.79 Å². The van der Waals surface area contributed by atoms with Gasteiger partial charge in [0.25, 0.3) is 0 Å². The lowest BCUT2D eigenvalue weighted by Crippen LogP contribution is -2.29. The molecule has 0 atom stereocenters. The van der Waals surface area contributed by atoms with Gasteiger partial charge >= 0.3 is 0 Å². The van der Waals surface area contributed by atoms with Crippen LogP contribution in [0.3, 0.4) is 0 Å². The molecule has 1 aromatic heterocycles. The molecule has 0 aliphatic rings. The van der Waals surface area contributed by atoms with Gasteiger partial charge in [0, 0.05) is 16.7 Å². The number of hydrogen-bond donors (Lipinski definition) is 2. The summed E-state index contributed by atoms with van der Waals surface area (Å²) < 4.78 is 0. The summed E-state index contributed by atoms with van der Waals surface area (Å²) >= 11 is 0. The zero-order valence-corrected chi connectivity index (χ0v) is 13.7. The third-order valence-corrected chi connectivity index (χ3v) is 4.30. The first kappa shape index (κ1) is 15.3. The third-order valence-electron chi connectivity index (χ3n) is 4.30. The third kappa shape index (κ3) is 3.11. The molecule has 0 radical (unpaired) electrons. The van der Waals surface area contributed by atoms with Crippen molar-refractivity contribution in [2.24, 2.45) is 5.41 Å². The number of benzene rings is 2. The van der Waals surface area contributed by atoms with Crippen molar-refractivity contribution in [2.75, 3.05) is 5.32 Å². The number of anilines is 1. The second kappa shape index (κ2) is 5.88. The number of H-pyrrole nitrogens is 1.